The molecule has 0 radical (unpaired) electrons. The molecule has 168 valence electrons. The summed E-state index contributed by atoms with van der Waals surface area (Å²) >= 11 is 0. The molecule has 0 fully saturated rings. The zero-order chi connectivity index (χ0) is 22.6. The van der Waals surface area contributed by atoms with E-state index in [-0.39, 0.29) is 24.9 Å². The first-order valence-corrected chi connectivity index (χ1v) is 10.7. The molecular weight excluding hydrogens is 394 g/mol. The van der Waals surface area contributed by atoms with Gasteiger partial charge in [0, 0.05) is 11.8 Å². The number of aryl methyl sites for hydroxylation is 1. The van der Waals surface area contributed by atoms with E-state index in [4.69, 9.17) is 9.47 Å². The maximum atomic E-state index is 12.7. The van der Waals surface area contributed by atoms with E-state index in [1.165, 1.54) is 0 Å². The highest BCUT2D eigenvalue weighted by Crippen LogP contribution is 2.29. The average molecular weight is 428 g/mol. The zero-order valence-corrected chi connectivity index (χ0v) is 18.9. The van der Waals surface area contributed by atoms with Gasteiger partial charge in [-0.05, 0) is 57.5 Å². The molecule has 2 amide bonds. The van der Waals surface area contributed by atoms with E-state index in [0.29, 0.717) is 36.9 Å². The van der Waals surface area contributed by atoms with Crippen molar-refractivity contribution in [2.45, 2.75) is 34.1 Å². The van der Waals surface area contributed by atoms with Gasteiger partial charge in [-0.2, -0.15) is 0 Å². The Bertz CT molecular complexity index is 870. The fourth-order valence-corrected chi connectivity index (χ4v) is 3.17. The third-order valence-corrected chi connectivity index (χ3v) is 4.53. The monoisotopic (exact) mass is 427 g/mol. The zero-order valence-electron chi connectivity index (χ0n) is 18.9. The Balaban J connectivity index is 2.02. The van der Waals surface area contributed by atoms with Crippen molar-refractivity contribution in [2.24, 2.45) is 0 Å². The second kappa shape index (κ2) is 12.6. The number of rotatable bonds is 12. The minimum atomic E-state index is -0.216. The molecule has 0 saturated carbocycles. The van der Waals surface area contributed by atoms with Crippen LogP contribution >= 0.6 is 0 Å². The predicted octanol–water partition coefficient (Wildman–Crippen LogP) is 4.08. The first-order valence-electron chi connectivity index (χ1n) is 10.7. The van der Waals surface area contributed by atoms with E-state index in [1.807, 2.05) is 62.9 Å². The van der Waals surface area contributed by atoms with Crippen LogP contribution in [-0.4, -0.2) is 49.6 Å². The van der Waals surface area contributed by atoms with Crippen LogP contribution in [0.1, 0.15) is 32.8 Å². The Kier molecular flexibility index (Phi) is 9.84. The first kappa shape index (κ1) is 24.2. The third-order valence-electron chi connectivity index (χ3n) is 4.53. The fourth-order valence-electron chi connectivity index (χ4n) is 3.17. The topological polar surface area (TPSA) is 79.9 Å². The van der Waals surface area contributed by atoms with Gasteiger partial charge in [0.1, 0.15) is 11.5 Å². The summed E-state index contributed by atoms with van der Waals surface area (Å²) in [6.07, 6.45) is 0.828. The lowest BCUT2D eigenvalue weighted by atomic mass is 10.2. The van der Waals surface area contributed by atoms with Crippen molar-refractivity contribution < 1.29 is 19.1 Å². The number of carbonyl (C=O) groups excluding carboxylic acids is 2. The van der Waals surface area contributed by atoms with Crippen molar-refractivity contribution in [3.8, 4) is 11.5 Å². The van der Waals surface area contributed by atoms with E-state index >= 15 is 0 Å². The lowest BCUT2D eigenvalue weighted by Gasteiger charge is -2.21. The number of para-hydroxylation sites is 1. The van der Waals surface area contributed by atoms with Crippen molar-refractivity contribution >= 4 is 23.2 Å². The number of nitrogens with zero attached hydrogens (tertiary/aromatic N) is 1. The van der Waals surface area contributed by atoms with Crippen LogP contribution in [-0.2, 0) is 9.59 Å². The molecule has 2 N–H and O–H groups in total. The number of amides is 2. The van der Waals surface area contributed by atoms with Crippen LogP contribution in [0, 0.1) is 6.92 Å². The second-order valence-electron chi connectivity index (χ2n) is 7.15. The molecule has 0 atom stereocenters. The summed E-state index contributed by atoms with van der Waals surface area (Å²) in [5.74, 6) is 0.874. The van der Waals surface area contributed by atoms with Crippen LogP contribution < -0.4 is 20.1 Å². The lowest BCUT2D eigenvalue weighted by molar-refractivity contribution is -0.120. The van der Waals surface area contributed by atoms with Gasteiger partial charge in [-0.1, -0.05) is 25.1 Å². The molecule has 0 bridgehead atoms. The van der Waals surface area contributed by atoms with Crippen LogP contribution in [0.4, 0.5) is 11.4 Å². The van der Waals surface area contributed by atoms with Gasteiger partial charge < -0.3 is 20.1 Å². The molecule has 2 aromatic rings. The smallest absolute Gasteiger partial charge is 0.238 e. The molecule has 0 heterocycles. The molecule has 7 nitrogen and oxygen atoms in total. The van der Waals surface area contributed by atoms with Crippen molar-refractivity contribution in [1.82, 2.24) is 4.90 Å². The Morgan fingerprint density at radius 1 is 0.871 bits per heavy atom. The highest BCUT2D eigenvalue weighted by atomic mass is 16.5. The van der Waals surface area contributed by atoms with Crippen LogP contribution in [0.5, 0.6) is 11.5 Å². The van der Waals surface area contributed by atoms with E-state index in [1.54, 1.807) is 12.1 Å². The summed E-state index contributed by atoms with van der Waals surface area (Å²) in [4.78, 5) is 27.1. The van der Waals surface area contributed by atoms with Crippen LogP contribution in [0.25, 0.3) is 0 Å². The number of benzene rings is 2. The Morgan fingerprint density at radius 3 is 2.13 bits per heavy atom. The average Bonchev–Trinajstić information content (AvgIpc) is 2.72. The quantitative estimate of drug-likeness (QED) is 0.534. The van der Waals surface area contributed by atoms with Gasteiger partial charge >= 0.3 is 0 Å². The normalized spacial score (nSPS) is 10.6. The van der Waals surface area contributed by atoms with Gasteiger partial charge in [-0.15, -0.1) is 0 Å². The largest absolute Gasteiger partial charge is 0.494 e. The summed E-state index contributed by atoms with van der Waals surface area (Å²) < 4.78 is 11.1. The second-order valence-corrected chi connectivity index (χ2v) is 7.15. The molecule has 7 heteroatoms. The number of hydrogen-bond acceptors (Lipinski definition) is 5. The third kappa shape index (κ3) is 7.94. The summed E-state index contributed by atoms with van der Waals surface area (Å²) in [6, 6.07) is 13.0. The van der Waals surface area contributed by atoms with Gasteiger partial charge in [0.15, 0.2) is 0 Å². The minimum Gasteiger partial charge on any atom is -0.494 e. The molecule has 2 rings (SSSR count). The van der Waals surface area contributed by atoms with Crippen molar-refractivity contribution in [2.75, 3.05) is 43.5 Å². The number of nitrogens with one attached hydrogen (secondary N) is 2. The van der Waals surface area contributed by atoms with Crippen molar-refractivity contribution in [3.05, 3.63) is 48.0 Å². The van der Waals surface area contributed by atoms with Gasteiger partial charge in [0.2, 0.25) is 11.8 Å². The summed E-state index contributed by atoms with van der Waals surface area (Å²) in [7, 11) is 0. The molecule has 31 heavy (non-hydrogen) atoms. The SMILES string of the molecule is CCCN(CC(=O)Nc1ccccc1C)CC(=O)Nc1cc(OCC)ccc1OCC. The number of hydrogen-bond donors (Lipinski definition) is 2. The molecule has 2 aromatic carbocycles. The number of ether oxygens (including phenoxy) is 2. The van der Waals surface area contributed by atoms with Gasteiger partial charge in [0.05, 0.1) is 32.0 Å². The van der Waals surface area contributed by atoms with Crippen LogP contribution in [0.3, 0.4) is 0 Å². The van der Waals surface area contributed by atoms with E-state index < -0.39 is 0 Å². The van der Waals surface area contributed by atoms with E-state index in [2.05, 4.69) is 10.6 Å². The molecule has 0 unspecified atom stereocenters. The molecular formula is C24H33N3O4. The highest BCUT2D eigenvalue weighted by Gasteiger charge is 2.16. The first-order chi connectivity index (χ1) is 15.0. The van der Waals surface area contributed by atoms with E-state index in [0.717, 1.165) is 17.7 Å². The molecule has 0 aliphatic carbocycles. The van der Waals surface area contributed by atoms with Crippen LogP contribution in [0.15, 0.2) is 42.5 Å². The summed E-state index contributed by atoms with van der Waals surface area (Å²) in [5, 5.41) is 5.82. The molecule has 0 aliphatic heterocycles. The lowest BCUT2D eigenvalue weighted by Crippen LogP contribution is -2.39. The Labute approximate surface area is 184 Å². The fraction of sp³-hybridized carbons (Fsp3) is 0.417. The maximum absolute atomic E-state index is 12.7. The maximum Gasteiger partial charge on any atom is 0.238 e. The summed E-state index contributed by atoms with van der Waals surface area (Å²) in [6.45, 7) is 9.62. The summed E-state index contributed by atoms with van der Waals surface area (Å²) in [5.41, 5.74) is 2.33. The van der Waals surface area contributed by atoms with Gasteiger partial charge in [-0.25, -0.2) is 0 Å². The number of carbonyl (C=O) groups is 2. The van der Waals surface area contributed by atoms with Crippen LogP contribution in [0.2, 0.25) is 0 Å². The van der Waals surface area contributed by atoms with Gasteiger partial charge in [-0.3, -0.25) is 14.5 Å². The molecule has 0 aliphatic rings. The number of anilines is 2. The van der Waals surface area contributed by atoms with Gasteiger partial charge in [0.25, 0.3) is 0 Å². The highest BCUT2D eigenvalue weighted by molar-refractivity contribution is 5.96. The van der Waals surface area contributed by atoms with Crippen molar-refractivity contribution in [3.63, 3.8) is 0 Å². The Hall–Kier alpha value is -3.06. The minimum absolute atomic E-state index is 0.0967. The Morgan fingerprint density at radius 2 is 1.52 bits per heavy atom. The van der Waals surface area contributed by atoms with Crippen molar-refractivity contribution in [1.29, 1.82) is 0 Å². The molecule has 0 spiro atoms. The predicted molar refractivity (Wildman–Crippen MR) is 124 cm³/mol. The van der Waals surface area contributed by atoms with E-state index in [9.17, 15) is 9.59 Å². The molecule has 0 aromatic heterocycles. The standard InChI is InChI=1S/C24H33N3O4/c1-5-14-27(16-23(28)25-20-11-9-8-10-18(20)4)17-24(29)26-21-15-19(30-6-2)12-13-22(21)31-7-3/h8-13,15H,5-7,14,16-17H2,1-4H3,(H,25,28)(H,26,29). The molecule has 0 saturated heterocycles.